The highest BCUT2D eigenvalue weighted by Crippen LogP contribution is 2.04. The molecule has 0 atom stereocenters. The summed E-state index contributed by atoms with van der Waals surface area (Å²) in [5.74, 6) is -0.0673. The minimum absolute atomic E-state index is 0.0673. The van der Waals surface area contributed by atoms with Crippen LogP contribution in [0.15, 0.2) is 18.3 Å². The van der Waals surface area contributed by atoms with Gasteiger partial charge in [0.1, 0.15) is 5.69 Å². The Morgan fingerprint density at radius 3 is 2.64 bits per heavy atom. The van der Waals surface area contributed by atoms with Gasteiger partial charge in [0.15, 0.2) is 0 Å². The van der Waals surface area contributed by atoms with Crippen molar-refractivity contribution < 1.29 is 4.79 Å². The number of rotatable bonds is 3. The minimum atomic E-state index is -0.0673. The van der Waals surface area contributed by atoms with E-state index in [2.05, 4.69) is 4.98 Å². The summed E-state index contributed by atoms with van der Waals surface area (Å²) in [6.45, 7) is 10.8. The van der Waals surface area contributed by atoms with E-state index in [1.165, 1.54) is 0 Å². The van der Waals surface area contributed by atoms with E-state index in [0.717, 1.165) is 0 Å². The van der Waals surface area contributed by atoms with Crippen molar-refractivity contribution in [2.45, 2.75) is 13.8 Å². The third-order valence-corrected chi connectivity index (χ3v) is 2.05. The second-order valence-corrected chi connectivity index (χ2v) is 2.95. The maximum Gasteiger partial charge on any atom is 0.272 e. The number of hydrogen-bond donors (Lipinski definition) is 0. The highest BCUT2D eigenvalue weighted by molar-refractivity contribution is 5.92. The molecule has 0 fully saturated rings. The number of pyridine rings is 1. The van der Waals surface area contributed by atoms with Crippen LogP contribution < -0.4 is 0 Å². The lowest BCUT2D eigenvalue weighted by Crippen LogP contribution is -2.31. The standard InChI is InChI=1S/C11H14N2O/c1-4-13(5-2)11(14)10-8-9(3)6-7-12-10/h3,6-8H,4-5H2,1-2H3. The maximum absolute atomic E-state index is 11.8. The molecule has 0 aliphatic heterocycles. The second kappa shape index (κ2) is 4.74. The predicted molar refractivity (Wildman–Crippen MR) is 54.9 cm³/mol. The Morgan fingerprint density at radius 2 is 2.14 bits per heavy atom. The molecule has 1 amide bonds. The molecule has 3 nitrogen and oxygen atoms in total. The van der Waals surface area contributed by atoms with Crippen molar-refractivity contribution in [3.63, 3.8) is 0 Å². The summed E-state index contributed by atoms with van der Waals surface area (Å²) in [7, 11) is 0. The lowest BCUT2D eigenvalue weighted by atomic mass is 10.2. The van der Waals surface area contributed by atoms with Crippen molar-refractivity contribution in [1.29, 1.82) is 0 Å². The molecule has 2 radical (unpaired) electrons. The lowest BCUT2D eigenvalue weighted by molar-refractivity contribution is 0.0767. The number of aromatic nitrogens is 1. The van der Waals surface area contributed by atoms with Crippen molar-refractivity contribution in [2.75, 3.05) is 13.1 Å². The summed E-state index contributed by atoms with van der Waals surface area (Å²) >= 11 is 0. The van der Waals surface area contributed by atoms with Crippen LogP contribution in [0.2, 0.25) is 0 Å². The Hall–Kier alpha value is -1.38. The van der Waals surface area contributed by atoms with Gasteiger partial charge >= 0.3 is 0 Å². The summed E-state index contributed by atoms with van der Waals surface area (Å²) in [5, 5.41) is 0. The van der Waals surface area contributed by atoms with Gasteiger partial charge in [-0.05, 0) is 38.5 Å². The van der Waals surface area contributed by atoms with Gasteiger partial charge in [-0.3, -0.25) is 9.78 Å². The number of nitrogens with zero attached hydrogens (tertiary/aromatic N) is 2. The first-order chi connectivity index (χ1) is 6.69. The number of amides is 1. The van der Waals surface area contributed by atoms with Gasteiger partial charge in [0.25, 0.3) is 5.91 Å². The molecule has 0 aliphatic rings. The molecule has 0 spiro atoms. The topological polar surface area (TPSA) is 33.2 Å². The first-order valence-electron chi connectivity index (χ1n) is 4.69. The number of hydrogen-bond acceptors (Lipinski definition) is 2. The van der Waals surface area contributed by atoms with Crippen molar-refractivity contribution in [1.82, 2.24) is 9.88 Å². The van der Waals surface area contributed by atoms with Gasteiger partial charge in [-0.1, -0.05) is 0 Å². The molecule has 1 aromatic rings. The van der Waals surface area contributed by atoms with Crippen LogP contribution >= 0.6 is 0 Å². The zero-order valence-corrected chi connectivity index (χ0v) is 8.53. The van der Waals surface area contributed by atoms with Gasteiger partial charge in [-0.2, -0.15) is 0 Å². The summed E-state index contributed by atoms with van der Waals surface area (Å²) in [4.78, 5) is 17.5. The van der Waals surface area contributed by atoms with Gasteiger partial charge < -0.3 is 4.90 Å². The maximum atomic E-state index is 11.8. The molecule has 1 aromatic heterocycles. The minimum Gasteiger partial charge on any atom is -0.338 e. The molecule has 1 heterocycles. The van der Waals surface area contributed by atoms with E-state index in [0.29, 0.717) is 24.3 Å². The van der Waals surface area contributed by atoms with Crippen molar-refractivity contribution in [2.24, 2.45) is 0 Å². The quantitative estimate of drug-likeness (QED) is 0.725. The Morgan fingerprint density at radius 1 is 1.50 bits per heavy atom. The molecule has 0 aliphatic carbocycles. The molecule has 0 bridgehead atoms. The summed E-state index contributed by atoms with van der Waals surface area (Å²) in [6, 6.07) is 3.26. The van der Waals surface area contributed by atoms with Gasteiger partial charge in [0.2, 0.25) is 0 Å². The summed E-state index contributed by atoms with van der Waals surface area (Å²) in [5.41, 5.74) is 0.976. The molecule has 0 saturated carbocycles. The van der Waals surface area contributed by atoms with E-state index < -0.39 is 0 Å². The van der Waals surface area contributed by atoms with Gasteiger partial charge in [0, 0.05) is 19.3 Å². The molecule has 0 unspecified atom stereocenters. The number of carbonyl (C=O) groups is 1. The van der Waals surface area contributed by atoms with Gasteiger partial charge in [-0.25, -0.2) is 0 Å². The zero-order chi connectivity index (χ0) is 10.6. The predicted octanol–water partition coefficient (Wildman–Crippen LogP) is 1.62. The Labute approximate surface area is 84.8 Å². The third-order valence-electron chi connectivity index (χ3n) is 2.05. The summed E-state index contributed by atoms with van der Waals surface area (Å²) < 4.78 is 0. The fourth-order valence-corrected chi connectivity index (χ4v) is 1.24. The average Bonchev–Trinajstić information content (AvgIpc) is 2.19. The Bertz CT molecular complexity index is 319. The molecule has 0 aromatic carbocycles. The van der Waals surface area contributed by atoms with E-state index in [1.54, 1.807) is 23.2 Å². The van der Waals surface area contributed by atoms with E-state index in [-0.39, 0.29) is 5.91 Å². The van der Waals surface area contributed by atoms with Gasteiger partial charge in [0.05, 0.1) is 0 Å². The third kappa shape index (κ3) is 2.31. The molecule has 0 saturated heterocycles. The van der Waals surface area contributed by atoms with E-state index in [4.69, 9.17) is 6.92 Å². The zero-order valence-electron chi connectivity index (χ0n) is 8.53. The SMILES string of the molecule is [CH]c1ccnc(C(=O)N(CC)CC)c1. The first-order valence-corrected chi connectivity index (χ1v) is 4.69. The molecular formula is C11H14N2O. The molecule has 14 heavy (non-hydrogen) atoms. The summed E-state index contributed by atoms with van der Waals surface area (Å²) in [6.07, 6.45) is 1.55. The van der Waals surface area contributed by atoms with Crippen LogP contribution in [0.1, 0.15) is 29.9 Å². The van der Waals surface area contributed by atoms with Crippen LogP contribution in [-0.4, -0.2) is 28.9 Å². The Kier molecular flexibility index (Phi) is 3.63. The first kappa shape index (κ1) is 10.7. The van der Waals surface area contributed by atoms with Crippen LogP contribution in [-0.2, 0) is 0 Å². The molecule has 1 rings (SSSR count). The van der Waals surface area contributed by atoms with Crippen LogP contribution in [0.3, 0.4) is 0 Å². The van der Waals surface area contributed by atoms with Gasteiger partial charge in [-0.15, -0.1) is 0 Å². The Balaban J connectivity index is 2.88. The molecule has 0 N–H and O–H groups in total. The molecule has 3 heteroatoms. The van der Waals surface area contributed by atoms with Crippen LogP contribution in [0.4, 0.5) is 0 Å². The normalized spacial score (nSPS) is 9.93. The fraction of sp³-hybridized carbons (Fsp3) is 0.364. The van der Waals surface area contributed by atoms with Crippen molar-refractivity contribution >= 4 is 5.91 Å². The second-order valence-electron chi connectivity index (χ2n) is 2.95. The average molecular weight is 190 g/mol. The monoisotopic (exact) mass is 190 g/mol. The smallest absolute Gasteiger partial charge is 0.272 e. The van der Waals surface area contributed by atoms with Crippen molar-refractivity contribution in [3.05, 3.63) is 36.5 Å². The highest BCUT2D eigenvalue weighted by atomic mass is 16.2. The van der Waals surface area contributed by atoms with Crippen LogP contribution in [0.5, 0.6) is 0 Å². The molecule has 74 valence electrons. The lowest BCUT2D eigenvalue weighted by Gasteiger charge is -2.17. The van der Waals surface area contributed by atoms with E-state index in [9.17, 15) is 4.79 Å². The fourth-order valence-electron chi connectivity index (χ4n) is 1.24. The van der Waals surface area contributed by atoms with Crippen LogP contribution in [0, 0.1) is 6.92 Å². The van der Waals surface area contributed by atoms with E-state index in [1.807, 2.05) is 13.8 Å². The van der Waals surface area contributed by atoms with Crippen molar-refractivity contribution in [3.8, 4) is 0 Å². The highest BCUT2D eigenvalue weighted by Gasteiger charge is 2.13. The van der Waals surface area contributed by atoms with Crippen LogP contribution in [0.25, 0.3) is 0 Å². The van der Waals surface area contributed by atoms with E-state index >= 15 is 0 Å². The number of carbonyl (C=O) groups excluding carboxylic acids is 1. The largest absolute Gasteiger partial charge is 0.338 e. The molecular weight excluding hydrogens is 176 g/mol.